The molecule has 0 saturated heterocycles. The van der Waals surface area contributed by atoms with Crippen molar-refractivity contribution < 1.29 is 0 Å². The van der Waals surface area contributed by atoms with E-state index in [0.717, 1.165) is 11.1 Å². The summed E-state index contributed by atoms with van der Waals surface area (Å²) in [4.78, 5) is 0. The zero-order chi connectivity index (χ0) is 16.6. The van der Waals surface area contributed by atoms with Crippen LogP contribution >= 0.6 is 0 Å². The highest BCUT2D eigenvalue weighted by Gasteiger charge is 2.01. The van der Waals surface area contributed by atoms with E-state index in [4.69, 9.17) is 5.41 Å². The lowest BCUT2D eigenvalue weighted by Gasteiger charge is -2.07. The third-order valence-corrected chi connectivity index (χ3v) is 2.15. The summed E-state index contributed by atoms with van der Waals surface area (Å²) in [5, 5.41) is 7.19. The summed E-state index contributed by atoms with van der Waals surface area (Å²) in [6, 6.07) is 6.13. The van der Waals surface area contributed by atoms with Gasteiger partial charge in [0.25, 0.3) is 0 Å². The molecule has 1 N–H and O–H groups in total. The number of nitrogens with one attached hydrogen (secondary N) is 1. The first-order chi connectivity index (χ1) is 9.60. The third-order valence-electron chi connectivity index (χ3n) is 2.15. The van der Waals surface area contributed by atoms with Gasteiger partial charge in [0.15, 0.2) is 0 Å². The molecule has 0 bridgehead atoms. The molecule has 0 heterocycles. The minimum atomic E-state index is 0.526. The summed E-state index contributed by atoms with van der Waals surface area (Å²) in [6.45, 7) is 20.3. The van der Waals surface area contributed by atoms with Crippen molar-refractivity contribution in [1.82, 2.24) is 0 Å². The number of benzene rings is 1. The van der Waals surface area contributed by atoms with Crippen molar-refractivity contribution in [2.45, 2.75) is 67.7 Å². The lowest BCUT2D eigenvalue weighted by molar-refractivity contribution is 0.866. The fourth-order valence-corrected chi connectivity index (χ4v) is 1.26. The number of rotatable bonds is 3. The Morgan fingerprint density at radius 1 is 1.05 bits per heavy atom. The summed E-state index contributed by atoms with van der Waals surface area (Å²) < 4.78 is 0. The summed E-state index contributed by atoms with van der Waals surface area (Å²) in [6.07, 6.45) is 4.41. The van der Waals surface area contributed by atoms with Crippen molar-refractivity contribution in [3.8, 4) is 0 Å². The van der Waals surface area contributed by atoms with Crippen molar-refractivity contribution in [1.29, 1.82) is 5.41 Å². The molecule has 0 fully saturated rings. The van der Waals surface area contributed by atoms with Crippen LogP contribution in [-0.2, 0) is 0 Å². The molecule has 0 aliphatic carbocycles. The third kappa shape index (κ3) is 10.5. The van der Waals surface area contributed by atoms with E-state index in [0.29, 0.717) is 5.92 Å². The van der Waals surface area contributed by atoms with E-state index >= 15 is 0 Å². The van der Waals surface area contributed by atoms with Crippen LogP contribution in [0.1, 0.15) is 84.4 Å². The zero-order valence-corrected chi connectivity index (χ0v) is 14.9. The maximum Gasteiger partial charge on any atom is 0.0256 e. The van der Waals surface area contributed by atoms with Gasteiger partial charge in [0.05, 0.1) is 0 Å². The summed E-state index contributed by atoms with van der Waals surface area (Å²) in [5.41, 5.74) is 3.26. The van der Waals surface area contributed by atoms with Crippen molar-refractivity contribution in [2.24, 2.45) is 0 Å². The topological polar surface area (TPSA) is 23.9 Å². The minimum Gasteiger partial charge on any atom is -0.308 e. The largest absolute Gasteiger partial charge is 0.308 e. The van der Waals surface area contributed by atoms with Crippen LogP contribution in [0.5, 0.6) is 0 Å². The molecule has 1 nitrogen and oxygen atoms in total. The Labute approximate surface area is 127 Å². The highest BCUT2D eigenvalue weighted by atomic mass is 14.3. The lowest BCUT2D eigenvalue weighted by Crippen LogP contribution is -1.92. The zero-order valence-electron chi connectivity index (χ0n) is 14.9. The summed E-state index contributed by atoms with van der Waals surface area (Å²) in [5.74, 6) is 0.526. The molecule has 0 amide bonds. The van der Waals surface area contributed by atoms with E-state index in [2.05, 4.69) is 46.4 Å². The van der Waals surface area contributed by atoms with Crippen LogP contribution in [0.2, 0.25) is 0 Å². The number of hydrogen-bond donors (Lipinski definition) is 1. The van der Waals surface area contributed by atoms with Crippen molar-refractivity contribution in [3.63, 3.8) is 0 Å². The predicted molar refractivity (Wildman–Crippen MR) is 97.2 cm³/mol. The first-order valence-corrected chi connectivity index (χ1v) is 7.87. The van der Waals surface area contributed by atoms with E-state index in [-0.39, 0.29) is 0 Å². The Kier molecular flexibility index (Phi) is 20.9. The highest BCUT2D eigenvalue weighted by Crippen LogP contribution is 2.18. The second-order valence-corrected chi connectivity index (χ2v) is 4.10. The van der Waals surface area contributed by atoms with E-state index in [9.17, 15) is 0 Å². The molecule has 0 radical (unpaired) electrons. The van der Waals surface area contributed by atoms with Gasteiger partial charge in [-0.25, -0.2) is 0 Å². The molecule has 0 unspecified atom stereocenters. The van der Waals surface area contributed by atoms with Gasteiger partial charge in [0.2, 0.25) is 0 Å². The molecule has 0 aliphatic heterocycles. The molecule has 1 heteroatoms. The van der Waals surface area contributed by atoms with Gasteiger partial charge in [-0.15, -0.1) is 0 Å². The molecule has 0 spiro atoms. The smallest absolute Gasteiger partial charge is 0.0256 e. The van der Waals surface area contributed by atoms with Gasteiger partial charge in [0, 0.05) is 6.21 Å². The van der Waals surface area contributed by atoms with Gasteiger partial charge in [0.1, 0.15) is 0 Å². The lowest BCUT2D eigenvalue weighted by atomic mass is 9.98. The van der Waals surface area contributed by atoms with Crippen LogP contribution in [0.3, 0.4) is 0 Å². The van der Waals surface area contributed by atoms with Crippen LogP contribution in [0.15, 0.2) is 24.8 Å². The molecule has 1 aromatic rings. The van der Waals surface area contributed by atoms with Gasteiger partial charge in [-0.3, -0.25) is 0 Å². The van der Waals surface area contributed by atoms with Crippen LogP contribution < -0.4 is 0 Å². The second kappa shape index (κ2) is 17.6. The Balaban J connectivity index is -0.000000355. The molecular weight excluding hydrogens is 242 g/mol. The van der Waals surface area contributed by atoms with Crippen molar-refractivity contribution in [3.05, 3.63) is 41.5 Å². The van der Waals surface area contributed by atoms with Crippen LogP contribution in [0.25, 0.3) is 6.08 Å². The molecule has 0 aromatic heterocycles. The van der Waals surface area contributed by atoms with E-state index in [1.807, 2.05) is 33.8 Å². The quantitative estimate of drug-likeness (QED) is 0.580. The van der Waals surface area contributed by atoms with E-state index in [1.165, 1.54) is 18.2 Å². The van der Waals surface area contributed by atoms with E-state index in [1.54, 1.807) is 6.08 Å². The standard InChI is InChI=1S/C12H15N.C3H8.2C2H6/c1-4-10-7-11(9(2)3)5-6-12(10)8-13;1-3-2;2*1-2/h4-9,13H,1H2,2-3H3;3H2,1-2H3;2*1-2H3. The van der Waals surface area contributed by atoms with Crippen LogP contribution in [0.4, 0.5) is 0 Å². The van der Waals surface area contributed by atoms with Gasteiger partial charge in [-0.1, -0.05) is 92.7 Å². The van der Waals surface area contributed by atoms with Gasteiger partial charge >= 0.3 is 0 Å². The highest BCUT2D eigenvalue weighted by molar-refractivity contribution is 5.83. The molecule has 0 aliphatic rings. The minimum absolute atomic E-state index is 0.526. The fourth-order valence-electron chi connectivity index (χ4n) is 1.26. The Morgan fingerprint density at radius 3 is 1.80 bits per heavy atom. The monoisotopic (exact) mass is 277 g/mol. The predicted octanol–water partition coefficient (Wildman–Crippen LogP) is 6.92. The average molecular weight is 277 g/mol. The Hall–Kier alpha value is -1.37. The Morgan fingerprint density at radius 2 is 1.50 bits per heavy atom. The first kappa shape index (κ1) is 23.7. The second-order valence-electron chi connectivity index (χ2n) is 4.10. The summed E-state index contributed by atoms with van der Waals surface area (Å²) in [7, 11) is 0. The van der Waals surface area contributed by atoms with Crippen molar-refractivity contribution >= 4 is 12.3 Å². The molecule has 1 rings (SSSR count). The van der Waals surface area contributed by atoms with Gasteiger partial charge in [-0.05, 0) is 22.6 Å². The molecule has 1 aromatic carbocycles. The van der Waals surface area contributed by atoms with Crippen molar-refractivity contribution in [2.75, 3.05) is 0 Å². The Bertz CT molecular complexity index is 338. The molecule has 0 saturated carbocycles. The molecule has 0 atom stereocenters. The van der Waals surface area contributed by atoms with Gasteiger partial charge in [-0.2, -0.15) is 0 Å². The maximum atomic E-state index is 7.19. The van der Waals surface area contributed by atoms with Crippen LogP contribution in [-0.4, -0.2) is 6.21 Å². The van der Waals surface area contributed by atoms with Gasteiger partial charge < -0.3 is 5.41 Å². The normalized spacial score (nSPS) is 8.05. The average Bonchev–Trinajstić information content (AvgIpc) is 2.51. The van der Waals surface area contributed by atoms with E-state index < -0.39 is 0 Å². The summed E-state index contributed by atoms with van der Waals surface area (Å²) >= 11 is 0. The maximum absolute atomic E-state index is 7.19. The first-order valence-electron chi connectivity index (χ1n) is 7.87. The molecular formula is C19H35N. The molecule has 116 valence electrons. The van der Waals surface area contributed by atoms with Crippen LogP contribution in [0, 0.1) is 5.41 Å². The number of hydrogen-bond acceptors (Lipinski definition) is 1. The molecule has 20 heavy (non-hydrogen) atoms. The fraction of sp³-hybridized carbons (Fsp3) is 0.526. The SMILES string of the molecule is C=Cc1cc(C(C)C)ccc1C=N.CC.CC.CCC.